The fourth-order valence-corrected chi connectivity index (χ4v) is 2.65. The Morgan fingerprint density at radius 3 is 2.86 bits per heavy atom. The van der Waals surface area contributed by atoms with Crippen LogP contribution < -0.4 is 15.4 Å². The van der Waals surface area contributed by atoms with E-state index in [1.165, 1.54) is 18.2 Å². The molecule has 0 spiro atoms. The summed E-state index contributed by atoms with van der Waals surface area (Å²) in [6.07, 6.45) is 0.990. The highest BCUT2D eigenvalue weighted by Gasteiger charge is 2.28. The first-order valence-corrected chi connectivity index (χ1v) is 7.06. The normalized spacial score (nSPS) is 25.7. The summed E-state index contributed by atoms with van der Waals surface area (Å²) in [5.41, 5.74) is 0.318. The van der Waals surface area contributed by atoms with Gasteiger partial charge in [-0.15, -0.1) is 0 Å². The number of carbonyl (C=O) groups excluding carboxylic acids is 1. The lowest BCUT2D eigenvalue weighted by atomic mass is 9.89. The third-order valence-corrected chi connectivity index (χ3v) is 3.84. The van der Waals surface area contributed by atoms with E-state index in [4.69, 9.17) is 0 Å². The lowest BCUT2D eigenvalue weighted by molar-refractivity contribution is -0.0498. The van der Waals surface area contributed by atoms with Crippen molar-refractivity contribution >= 4 is 5.91 Å². The number of amides is 1. The molecule has 1 aromatic carbocycles. The average Bonchev–Trinajstić information content (AvgIpc) is 2.42. The number of hydrogen-bond donors (Lipinski definition) is 2. The summed E-state index contributed by atoms with van der Waals surface area (Å²) >= 11 is 0. The van der Waals surface area contributed by atoms with E-state index >= 15 is 0 Å². The number of benzene rings is 1. The summed E-state index contributed by atoms with van der Waals surface area (Å²) in [4.78, 5) is 12.3. The highest BCUT2D eigenvalue weighted by molar-refractivity contribution is 5.94. The van der Waals surface area contributed by atoms with Crippen molar-refractivity contribution in [1.82, 2.24) is 10.6 Å². The molecular weight excluding hydrogens is 278 g/mol. The van der Waals surface area contributed by atoms with Gasteiger partial charge < -0.3 is 15.4 Å². The van der Waals surface area contributed by atoms with Gasteiger partial charge in [0.25, 0.3) is 5.91 Å². The van der Waals surface area contributed by atoms with Gasteiger partial charge in [-0.05, 0) is 44.0 Å². The van der Waals surface area contributed by atoms with Gasteiger partial charge in [-0.25, -0.2) is 0 Å². The smallest absolute Gasteiger partial charge is 0.387 e. The molecule has 1 aliphatic heterocycles. The van der Waals surface area contributed by atoms with Crippen LogP contribution in [0.4, 0.5) is 8.78 Å². The predicted octanol–water partition coefficient (Wildman–Crippen LogP) is 2.40. The summed E-state index contributed by atoms with van der Waals surface area (Å²) in [5.74, 6) is 0.0772. The Morgan fingerprint density at radius 2 is 2.19 bits per heavy atom. The second-order valence-electron chi connectivity index (χ2n) is 5.41. The van der Waals surface area contributed by atoms with E-state index in [0.29, 0.717) is 11.5 Å². The Morgan fingerprint density at radius 1 is 1.43 bits per heavy atom. The highest BCUT2D eigenvalue weighted by Crippen LogP contribution is 2.19. The van der Waals surface area contributed by atoms with Gasteiger partial charge in [0.1, 0.15) is 5.75 Å². The molecule has 1 aliphatic rings. The maximum absolute atomic E-state index is 12.3. The predicted molar refractivity (Wildman–Crippen MR) is 75.6 cm³/mol. The van der Waals surface area contributed by atoms with E-state index in [1.54, 1.807) is 6.07 Å². The minimum absolute atomic E-state index is 0.0134. The van der Waals surface area contributed by atoms with Crippen molar-refractivity contribution in [3.63, 3.8) is 0 Å². The average molecular weight is 298 g/mol. The first-order chi connectivity index (χ1) is 9.97. The van der Waals surface area contributed by atoms with Gasteiger partial charge in [0, 0.05) is 17.6 Å². The Hall–Kier alpha value is -1.69. The maximum Gasteiger partial charge on any atom is 0.387 e. The van der Waals surface area contributed by atoms with Crippen LogP contribution in [0.3, 0.4) is 0 Å². The largest absolute Gasteiger partial charge is 0.435 e. The van der Waals surface area contributed by atoms with Crippen molar-refractivity contribution in [3.05, 3.63) is 29.8 Å². The van der Waals surface area contributed by atoms with Gasteiger partial charge in [-0.2, -0.15) is 8.78 Å². The van der Waals surface area contributed by atoms with Crippen LogP contribution >= 0.6 is 0 Å². The van der Waals surface area contributed by atoms with Crippen LogP contribution in [0.5, 0.6) is 5.75 Å². The van der Waals surface area contributed by atoms with Gasteiger partial charge >= 0.3 is 6.61 Å². The van der Waals surface area contributed by atoms with Crippen molar-refractivity contribution in [1.29, 1.82) is 0 Å². The topological polar surface area (TPSA) is 50.4 Å². The molecular formula is C15H20F2N2O2. The van der Waals surface area contributed by atoms with Gasteiger partial charge in [0.15, 0.2) is 0 Å². The maximum atomic E-state index is 12.3. The molecule has 1 amide bonds. The van der Waals surface area contributed by atoms with Crippen LogP contribution in [0.1, 0.15) is 30.6 Å². The molecule has 21 heavy (non-hydrogen) atoms. The number of carbonyl (C=O) groups is 1. The molecule has 3 unspecified atom stereocenters. The molecule has 116 valence electrons. The molecule has 3 atom stereocenters. The molecule has 1 fully saturated rings. The van der Waals surface area contributed by atoms with Crippen LogP contribution in [0.25, 0.3) is 0 Å². The molecule has 0 radical (unpaired) electrons. The molecule has 0 aliphatic carbocycles. The quantitative estimate of drug-likeness (QED) is 0.897. The second kappa shape index (κ2) is 6.85. The van der Waals surface area contributed by atoms with Crippen LogP contribution in [0, 0.1) is 5.92 Å². The number of halogens is 2. The summed E-state index contributed by atoms with van der Waals surface area (Å²) in [6, 6.07) is 6.03. The number of nitrogens with one attached hydrogen (secondary N) is 2. The van der Waals surface area contributed by atoms with Crippen molar-refractivity contribution in [3.8, 4) is 5.75 Å². The number of rotatable bonds is 4. The molecule has 4 nitrogen and oxygen atoms in total. The molecule has 1 saturated heterocycles. The van der Waals surface area contributed by atoms with Crippen LogP contribution in [0.2, 0.25) is 0 Å². The summed E-state index contributed by atoms with van der Waals surface area (Å²) in [7, 11) is 0. The van der Waals surface area contributed by atoms with E-state index < -0.39 is 6.61 Å². The SMILES string of the molecule is CC1CCNC(C)C1NC(=O)c1cccc(OC(F)F)c1. The summed E-state index contributed by atoms with van der Waals surface area (Å²) in [5, 5.41) is 6.29. The minimum atomic E-state index is -2.90. The number of piperidine rings is 1. The molecule has 0 saturated carbocycles. The van der Waals surface area contributed by atoms with Crippen molar-refractivity contribution in [2.75, 3.05) is 6.54 Å². The minimum Gasteiger partial charge on any atom is -0.435 e. The lowest BCUT2D eigenvalue weighted by Crippen LogP contribution is -2.55. The van der Waals surface area contributed by atoms with E-state index in [9.17, 15) is 13.6 Å². The number of alkyl halides is 2. The van der Waals surface area contributed by atoms with E-state index in [-0.39, 0.29) is 23.7 Å². The van der Waals surface area contributed by atoms with E-state index in [2.05, 4.69) is 22.3 Å². The first kappa shape index (κ1) is 15.7. The van der Waals surface area contributed by atoms with Gasteiger partial charge in [-0.1, -0.05) is 13.0 Å². The van der Waals surface area contributed by atoms with Gasteiger partial charge in [0.2, 0.25) is 0 Å². The standard InChI is InChI=1S/C15H20F2N2O2/c1-9-6-7-18-10(2)13(9)19-14(20)11-4-3-5-12(8-11)21-15(16)17/h3-5,8-10,13,15,18H,6-7H2,1-2H3,(H,19,20). The molecule has 1 heterocycles. The molecule has 2 rings (SSSR count). The fourth-order valence-electron chi connectivity index (χ4n) is 2.65. The molecule has 1 aromatic rings. The molecule has 0 bridgehead atoms. The first-order valence-electron chi connectivity index (χ1n) is 7.06. The zero-order valence-corrected chi connectivity index (χ0v) is 12.1. The number of hydrogen-bond acceptors (Lipinski definition) is 3. The Balaban J connectivity index is 2.05. The Bertz CT molecular complexity index is 486. The van der Waals surface area contributed by atoms with Crippen molar-refractivity contribution < 1.29 is 18.3 Å². The Labute approximate surface area is 122 Å². The van der Waals surface area contributed by atoms with Crippen LogP contribution in [0.15, 0.2) is 24.3 Å². The van der Waals surface area contributed by atoms with Gasteiger partial charge in [0.05, 0.1) is 0 Å². The van der Waals surface area contributed by atoms with Crippen LogP contribution in [-0.2, 0) is 0 Å². The molecule has 2 N–H and O–H groups in total. The van der Waals surface area contributed by atoms with E-state index in [1.807, 2.05) is 6.92 Å². The van der Waals surface area contributed by atoms with Crippen LogP contribution in [-0.4, -0.2) is 31.1 Å². The number of ether oxygens (including phenoxy) is 1. The van der Waals surface area contributed by atoms with E-state index in [0.717, 1.165) is 13.0 Å². The highest BCUT2D eigenvalue weighted by atomic mass is 19.3. The fraction of sp³-hybridized carbons (Fsp3) is 0.533. The molecule has 0 aromatic heterocycles. The monoisotopic (exact) mass is 298 g/mol. The lowest BCUT2D eigenvalue weighted by Gasteiger charge is -2.36. The summed E-state index contributed by atoms with van der Waals surface area (Å²) < 4.78 is 28.7. The third kappa shape index (κ3) is 4.14. The zero-order chi connectivity index (χ0) is 15.4. The second-order valence-corrected chi connectivity index (χ2v) is 5.41. The zero-order valence-electron chi connectivity index (χ0n) is 12.1. The third-order valence-electron chi connectivity index (χ3n) is 3.84. The van der Waals surface area contributed by atoms with Gasteiger partial charge in [-0.3, -0.25) is 4.79 Å². The van der Waals surface area contributed by atoms with Crippen molar-refractivity contribution in [2.45, 2.75) is 39.0 Å². The summed E-state index contributed by atoms with van der Waals surface area (Å²) in [6.45, 7) is 2.16. The Kier molecular flexibility index (Phi) is 5.12. The van der Waals surface area contributed by atoms with Crippen molar-refractivity contribution in [2.24, 2.45) is 5.92 Å². The molecule has 6 heteroatoms.